The minimum atomic E-state index is 0.801. The maximum atomic E-state index is 3.60. The molecular weight excluding hydrogens is 222 g/mol. The Morgan fingerprint density at radius 3 is 2.72 bits per heavy atom. The van der Waals surface area contributed by atoms with Gasteiger partial charge >= 0.3 is 0 Å². The van der Waals surface area contributed by atoms with E-state index in [0.717, 1.165) is 19.1 Å². The Morgan fingerprint density at radius 1 is 1.11 bits per heavy atom. The predicted molar refractivity (Wildman–Crippen MR) is 74.6 cm³/mol. The van der Waals surface area contributed by atoms with Crippen molar-refractivity contribution in [1.29, 1.82) is 0 Å². The van der Waals surface area contributed by atoms with Gasteiger partial charge in [-0.15, -0.1) is 0 Å². The number of hydrogen-bond donors (Lipinski definition) is 1. The van der Waals surface area contributed by atoms with E-state index in [-0.39, 0.29) is 0 Å². The number of rotatable bonds is 6. The van der Waals surface area contributed by atoms with Crippen LogP contribution in [0.1, 0.15) is 37.8 Å². The second-order valence-corrected chi connectivity index (χ2v) is 5.75. The fourth-order valence-corrected chi connectivity index (χ4v) is 2.80. The predicted octanol–water partition coefficient (Wildman–Crippen LogP) is 2.23. The molecule has 2 aliphatic rings. The van der Waals surface area contributed by atoms with E-state index in [9.17, 15) is 0 Å². The van der Waals surface area contributed by atoms with Crippen LogP contribution >= 0.6 is 0 Å². The first-order chi connectivity index (χ1) is 8.92. The highest BCUT2D eigenvalue weighted by molar-refractivity contribution is 5.07. The van der Waals surface area contributed by atoms with Crippen LogP contribution in [0.3, 0.4) is 0 Å². The van der Waals surface area contributed by atoms with Crippen molar-refractivity contribution < 1.29 is 0 Å². The van der Waals surface area contributed by atoms with Crippen LogP contribution < -0.4 is 5.32 Å². The van der Waals surface area contributed by atoms with E-state index in [4.69, 9.17) is 0 Å². The van der Waals surface area contributed by atoms with Crippen molar-refractivity contribution in [3.8, 4) is 0 Å². The summed E-state index contributed by atoms with van der Waals surface area (Å²) in [5, 5.41) is 3.60. The summed E-state index contributed by atoms with van der Waals surface area (Å²) >= 11 is 0. The summed E-state index contributed by atoms with van der Waals surface area (Å²) in [6.45, 7) is 6.01. The van der Waals surface area contributed by atoms with E-state index in [1.54, 1.807) is 0 Å². The molecule has 0 amide bonds. The van der Waals surface area contributed by atoms with Gasteiger partial charge in [-0.3, -0.25) is 0 Å². The fraction of sp³-hybridized carbons (Fsp3) is 0.733. The highest BCUT2D eigenvalue weighted by atomic mass is 15.2. The van der Waals surface area contributed by atoms with Gasteiger partial charge in [-0.25, -0.2) is 0 Å². The zero-order chi connectivity index (χ0) is 12.2. The number of nitrogens with one attached hydrogen (secondary N) is 1. The van der Waals surface area contributed by atoms with Crippen molar-refractivity contribution >= 4 is 0 Å². The lowest BCUT2D eigenvalue weighted by Crippen LogP contribution is -2.33. The number of piperidine rings is 1. The molecule has 2 fully saturated rings. The van der Waals surface area contributed by atoms with Gasteiger partial charge in [0.1, 0.15) is 0 Å². The normalized spacial score (nSPS) is 21.3. The lowest BCUT2D eigenvalue weighted by Gasteiger charge is -2.26. The average molecular weight is 247 g/mol. The zero-order valence-electron chi connectivity index (χ0n) is 11.3. The Labute approximate surface area is 110 Å². The largest absolute Gasteiger partial charge is 0.349 e. The first-order valence-corrected chi connectivity index (χ1v) is 7.51. The SMILES string of the molecule is c1cc(CNC2CC2)n(CCN2CCCCC2)c1. The second kappa shape index (κ2) is 5.89. The maximum absolute atomic E-state index is 3.60. The Balaban J connectivity index is 1.46. The van der Waals surface area contributed by atoms with E-state index in [2.05, 4.69) is 33.1 Å². The van der Waals surface area contributed by atoms with Crippen LogP contribution in [0.15, 0.2) is 18.3 Å². The molecule has 3 heteroatoms. The van der Waals surface area contributed by atoms with Gasteiger partial charge in [0.2, 0.25) is 0 Å². The zero-order valence-corrected chi connectivity index (χ0v) is 11.3. The van der Waals surface area contributed by atoms with Crippen LogP contribution in [0.2, 0.25) is 0 Å². The van der Waals surface area contributed by atoms with Crippen LogP contribution in [0, 0.1) is 0 Å². The quantitative estimate of drug-likeness (QED) is 0.832. The molecule has 1 aromatic rings. The molecule has 1 saturated heterocycles. The highest BCUT2D eigenvalue weighted by Crippen LogP contribution is 2.19. The molecule has 3 rings (SSSR count). The topological polar surface area (TPSA) is 20.2 Å². The molecule has 0 atom stereocenters. The molecule has 0 bridgehead atoms. The Morgan fingerprint density at radius 2 is 1.94 bits per heavy atom. The van der Waals surface area contributed by atoms with Crippen molar-refractivity contribution in [2.45, 2.75) is 51.2 Å². The van der Waals surface area contributed by atoms with Gasteiger partial charge in [0.25, 0.3) is 0 Å². The van der Waals surface area contributed by atoms with Gasteiger partial charge in [0.05, 0.1) is 0 Å². The molecule has 2 heterocycles. The molecule has 100 valence electrons. The third-order valence-electron chi connectivity index (χ3n) is 4.18. The van der Waals surface area contributed by atoms with E-state index >= 15 is 0 Å². The number of nitrogens with zero attached hydrogens (tertiary/aromatic N) is 2. The Hall–Kier alpha value is -0.800. The summed E-state index contributed by atoms with van der Waals surface area (Å²) in [6.07, 6.45) is 9.18. The molecule has 0 spiro atoms. The summed E-state index contributed by atoms with van der Waals surface area (Å²) in [4.78, 5) is 2.61. The first-order valence-electron chi connectivity index (χ1n) is 7.51. The van der Waals surface area contributed by atoms with E-state index in [1.807, 2.05) is 0 Å². The third-order valence-corrected chi connectivity index (χ3v) is 4.18. The van der Waals surface area contributed by atoms with Gasteiger partial charge in [-0.2, -0.15) is 0 Å². The molecule has 3 nitrogen and oxygen atoms in total. The van der Waals surface area contributed by atoms with E-state index < -0.39 is 0 Å². The van der Waals surface area contributed by atoms with E-state index in [1.165, 1.54) is 57.4 Å². The lowest BCUT2D eigenvalue weighted by molar-refractivity contribution is 0.220. The Bertz CT molecular complexity index is 362. The molecule has 1 aliphatic heterocycles. The third kappa shape index (κ3) is 3.36. The van der Waals surface area contributed by atoms with Crippen molar-refractivity contribution in [1.82, 2.24) is 14.8 Å². The van der Waals surface area contributed by atoms with Gasteiger partial charge in [0.15, 0.2) is 0 Å². The monoisotopic (exact) mass is 247 g/mol. The van der Waals surface area contributed by atoms with Crippen molar-refractivity contribution in [3.63, 3.8) is 0 Å². The second-order valence-electron chi connectivity index (χ2n) is 5.75. The highest BCUT2D eigenvalue weighted by Gasteiger charge is 2.20. The number of hydrogen-bond acceptors (Lipinski definition) is 2. The maximum Gasteiger partial charge on any atom is 0.0361 e. The molecule has 1 aromatic heterocycles. The smallest absolute Gasteiger partial charge is 0.0361 e. The van der Waals surface area contributed by atoms with Gasteiger partial charge in [-0.05, 0) is 50.9 Å². The van der Waals surface area contributed by atoms with Crippen LogP contribution in [-0.2, 0) is 13.1 Å². The Kier molecular flexibility index (Phi) is 4.01. The van der Waals surface area contributed by atoms with Crippen LogP contribution in [0.25, 0.3) is 0 Å². The number of aromatic nitrogens is 1. The van der Waals surface area contributed by atoms with Gasteiger partial charge in [-0.1, -0.05) is 6.42 Å². The fourth-order valence-electron chi connectivity index (χ4n) is 2.80. The summed E-state index contributed by atoms with van der Waals surface area (Å²) < 4.78 is 2.42. The number of likely N-dealkylation sites (tertiary alicyclic amines) is 1. The summed E-state index contributed by atoms with van der Waals surface area (Å²) in [6, 6.07) is 5.24. The average Bonchev–Trinajstić information content (AvgIpc) is 3.14. The summed E-state index contributed by atoms with van der Waals surface area (Å²) in [5.41, 5.74) is 1.44. The molecule has 1 saturated carbocycles. The van der Waals surface area contributed by atoms with Crippen LogP contribution in [-0.4, -0.2) is 35.1 Å². The van der Waals surface area contributed by atoms with Crippen molar-refractivity contribution in [2.24, 2.45) is 0 Å². The van der Waals surface area contributed by atoms with Crippen molar-refractivity contribution in [2.75, 3.05) is 19.6 Å². The first kappa shape index (κ1) is 12.2. The molecule has 1 aliphatic carbocycles. The van der Waals surface area contributed by atoms with Gasteiger partial charge in [0, 0.05) is 37.6 Å². The summed E-state index contributed by atoms with van der Waals surface area (Å²) in [5.74, 6) is 0. The van der Waals surface area contributed by atoms with E-state index in [0.29, 0.717) is 0 Å². The van der Waals surface area contributed by atoms with Crippen molar-refractivity contribution in [3.05, 3.63) is 24.0 Å². The van der Waals surface area contributed by atoms with Gasteiger partial charge < -0.3 is 14.8 Å². The molecule has 0 unspecified atom stereocenters. The minimum Gasteiger partial charge on any atom is -0.349 e. The standard InChI is InChI=1S/C15H25N3/c1-2-8-17(9-3-1)11-12-18-10-4-5-15(18)13-16-14-6-7-14/h4-5,10,14,16H,1-3,6-9,11-13H2. The van der Waals surface area contributed by atoms with Crippen LogP contribution in [0.4, 0.5) is 0 Å². The van der Waals surface area contributed by atoms with Crippen LogP contribution in [0.5, 0.6) is 0 Å². The summed E-state index contributed by atoms with van der Waals surface area (Å²) in [7, 11) is 0. The minimum absolute atomic E-state index is 0.801. The molecule has 1 N–H and O–H groups in total. The molecule has 0 radical (unpaired) electrons. The molecule has 0 aromatic carbocycles. The lowest BCUT2D eigenvalue weighted by atomic mass is 10.1. The molecular formula is C15H25N3. The molecule has 18 heavy (non-hydrogen) atoms.